The average Bonchev–Trinajstić information content (AvgIpc) is 2.91. The minimum absolute atomic E-state index is 0.781. The average molecular weight is 232 g/mol. The lowest BCUT2D eigenvalue weighted by atomic mass is 10.3. The van der Waals surface area contributed by atoms with Gasteiger partial charge in [-0.2, -0.15) is 0 Å². The number of carbonyl (C=O) groups excluding carboxylic acids is 1. The molecule has 2 rings (SSSR count). The first-order valence-corrected chi connectivity index (χ1v) is 5.68. The molecule has 0 saturated heterocycles. The van der Waals surface area contributed by atoms with Gasteiger partial charge in [-0.25, -0.2) is 0 Å². The Balaban J connectivity index is 1.99. The van der Waals surface area contributed by atoms with Gasteiger partial charge in [0.1, 0.15) is 0 Å². The largest absolute Gasteiger partial charge is 0.348 e. The Morgan fingerprint density at radius 3 is 2.76 bits per heavy atom. The highest BCUT2D eigenvalue weighted by molar-refractivity contribution is 5.77. The van der Waals surface area contributed by atoms with E-state index in [4.69, 9.17) is 0 Å². The molecule has 0 spiro atoms. The van der Waals surface area contributed by atoms with Crippen LogP contribution in [0.5, 0.6) is 0 Å². The third kappa shape index (κ3) is 2.43. The molecular formula is C12H16N4O. The fourth-order valence-electron chi connectivity index (χ4n) is 2.03. The molecule has 0 aliphatic rings. The summed E-state index contributed by atoms with van der Waals surface area (Å²) in [6, 6.07) is 1.93. The lowest BCUT2D eigenvalue weighted by Gasteiger charge is -2.09. The first-order valence-electron chi connectivity index (χ1n) is 5.68. The lowest BCUT2D eigenvalue weighted by Crippen LogP contribution is -2.07. The van der Waals surface area contributed by atoms with E-state index in [1.807, 2.05) is 30.8 Å². The lowest BCUT2D eigenvalue weighted by molar-refractivity contribution is 0.112. The zero-order valence-electron chi connectivity index (χ0n) is 10.1. The Bertz CT molecular complexity index is 499. The summed E-state index contributed by atoms with van der Waals surface area (Å²) in [4.78, 5) is 10.8. The number of nitrogens with zero attached hydrogens (tertiary/aromatic N) is 4. The molecule has 0 amide bonds. The zero-order chi connectivity index (χ0) is 12.3. The molecule has 0 N–H and O–H groups in total. The highest BCUT2D eigenvalue weighted by atomic mass is 16.1. The number of hydrogen-bond acceptors (Lipinski definition) is 3. The minimum atomic E-state index is 0.781. The van der Waals surface area contributed by atoms with Gasteiger partial charge in [-0.1, -0.05) is 5.21 Å². The second-order valence-corrected chi connectivity index (χ2v) is 4.12. The topological polar surface area (TPSA) is 52.7 Å². The van der Waals surface area contributed by atoms with E-state index in [-0.39, 0.29) is 0 Å². The van der Waals surface area contributed by atoms with Gasteiger partial charge in [-0.15, -0.1) is 5.10 Å². The van der Waals surface area contributed by atoms with E-state index in [1.165, 1.54) is 0 Å². The van der Waals surface area contributed by atoms with Crippen molar-refractivity contribution in [3.05, 3.63) is 35.4 Å². The van der Waals surface area contributed by atoms with Crippen LogP contribution in [0, 0.1) is 13.8 Å². The summed E-state index contributed by atoms with van der Waals surface area (Å²) in [5.41, 5.74) is 2.95. The Morgan fingerprint density at radius 2 is 2.18 bits per heavy atom. The van der Waals surface area contributed by atoms with Crippen LogP contribution in [0.2, 0.25) is 0 Å². The van der Waals surface area contributed by atoms with Crippen LogP contribution in [0.15, 0.2) is 18.5 Å². The van der Waals surface area contributed by atoms with Crippen molar-refractivity contribution in [1.82, 2.24) is 19.6 Å². The maximum absolute atomic E-state index is 10.8. The van der Waals surface area contributed by atoms with Gasteiger partial charge >= 0.3 is 0 Å². The standard InChI is InChI=1S/C12H16N4O/c1-10-8-12(9-17)11(2)16(10)6-3-5-15-7-4-13-14-15/h4,7-9H,3,5-6H2,1-2H3. The van der Waals surface area contributed by atoms with Crippen LogP contribution in [0.3, 0.4) is 0 Å². The van der Waals surface area contributed by atoms with Gasteiger partial charge < -0.3 is 4.57 Å². The Hall–Kier alpha value is -1.91. The van der Waals surface area contributed by atoms with Gasteiger partial charge in [-0.05, 0) is 26.3 Å². The smallest absolute Gasteiger partial charge is 0.151 e. The van der Waals surface area contributed by atoms with E-state index < -0.39 is 0 Å². The van der Waals surface area contributed by atoms with Gasteiger partial charge in [0, 0.05) is 36.2 Å². The first-order chi connectivity index (χ1) is 8.22. The van der Waals surface area contributed by atoms with Gasteiger partial charge in [0.05, 0.1) is 6.20 Å². The minimum Gasteiger partial charge on any atom is -0.348 e. The molecule has 0 aromatic carbocycles. The normalized spacial score (nSPS) is 10.7. The van der Waals surface area contributed by atoms with Gasteiger partial charge in [-0.3, -0.25) is 9.48 Å². The summed E-state index contributed by atoms with van der Waals surface area (Å²) in [6.45, 7) is 5.74. The predicted molar refractivity (Wildman–Crippen MR) is 63.9 cm³/mol. The quantitative estimate of drug-likeness (QED) is 0.736. The van der Waals surface area contributed by atoms with Gasteiger partial charge in [0.2, 0.25) is 0 Å². The van der Waals surface area contributed by atoms with Crippen molar-refractivity contribution in [1.29, 1.82) is 0 Å². The molecule has 0 bridgehead atoms. The van der Waals surface area contributed by atoms with Crippen LogP contribution in [0.1, 0.15) is 28.2 Å². The summed E-state index contributed by atoms with van der Waals surface area (Å²) in [7, 11) is 0. The monoisotopic (exact) mass is 232 g/mol. The number of aromatic nitrogens is 4. The summed E-state index contributed by atoms with van der Waals surface area (Å²) in [5.74, 6) is 0. The van der Waals surface area contributed by atoms with Crippen molar-refractivity contribution in [2.75, 3.05) is 0 Å². The van der Waals surface area contributed by atoms with E-state index in [9.17, 15) is 4.79 Å². The van der Waals surface area contributed by atoms with Crippen LogP contribution in [0.4, 0.5) is 0 Å². The van der Waals surface area contributed by atoms with E-state index in [0.29, 0.717) is 0 Å². The van der Waals surface area contributed by atoms with E-state index in [1.54, 1.807) is 6.20 Å². The highest BCUT2D eigenvalue weighted by Gasteiger charge is 2.07. The predicted octanol–water partition coefficient (Wildman–Crippen LogP) is 1.60. The third-order valence-electron chi connectivity index (χ3n) is 2.98. The Morgan fingerprint density at radius 1 is 1.35 bits per heavy atom. The second-order valence-electron chi connectivity index (χ2n) is 4.12. The molecule has 0 atom stereocenters. The molecule has 0 radical (unpaired) electrons. The Labute approximate surface area is 100 Å². The molecule has 0 saturated carbocycles. The SMILES string of the molecule is Cc1cc(C=O)c(C)n1CCCn1ccnn1. The summed E-state index contributed by atoms with van der Waals surface area (Å²) < 4.78 is 3.98. The van der Waals surface area contributed by atoms with Crippen molar-refractivity contribution in [2.24, 2.45) is 0 Å². The molecule has 2 aromatic rings. The number of hydrogen-bond donors (Lipinski definition) is 0. The number of aldehydes is 1. The van der Waals surface area contributed by atoms with E-state index in [2.05, 4.69) is 14.9 Å². The maximum Gasteiger partial charge on any atom is 0.151 e. The van der Waals surface area contributed by atoms with Crippen molar-refractivity contribution >= 4 is 6.29 Å². The number of carbonyl (C=O) groups is 1. The van der Waals surface area contributed by atoms with Crippen molar-refractivity contribution < 1.29 is 4.79 Å². The van der Waals surface area contributed by atoms with Crippen LogP contribution >= 0.6 is 0 Å². The molecule has 0 aliphatic carbocycles. The summed E-state index contributed by atoms with van der Waals surface area (Å²) in [5, 5.41) is 7.68. The number of aryl methyl sites for hydroxylation is 2. The molecular weight excluding hydrogens is 216 g/mol. The van der Waals surface area contributed by atoms with Crippen LogP contribution < -0.4 is 0 Å². The molecule has 2 heterocycles. The van der Waals surface area contributed by atoms with E-state index >= 15 is 0 Å². The summed E-state index contributed by atoms with van der Waals surface area (Å²) in [6.07, 6.45) is 5.41. The van der Waals surface area contributed by atoms with Crippen molar-refractivity contribution in [3.63, 3.8) is 0 Å². The van der Waals surface area contributed by atoms with Crippen LogP contribution in [-0.2, 0) is 13.1 Å². The van der Waals surface area contributed by atoms with Crippen LogP contribution in [-0.4, -0.2) is 25.8 Å². The van der Waals surface area contributed by atoms with Gasteiger partial charge in [0.25, 0.3) is 0 Å². The molecule has 5 nitrogen and oxygen atoms in total. The third-order valence-corrected chi connectivity index (χ3v) is 2.98. The van der Waals surface area contributed by atoms with Crippen molar-refractivity contribution in [3.8, 4) is 0 Å². The maximum atomic E-state index is 10.8. The fourth-order valence-corrected chi connectivity index (χ4v) is 2.03. The summed E-state index contributed by atoms with van der Waals surface area (Å²) >= 11 is 0. The molecule has 90 valence electrons. The Kier molecular flexibility index (Phi) is 3.37. The molecule has 17 heavy (non-hydrogen) atoms. The first kappa shape index (κ1) is 11.6. The molecule has 5 heteroatoms. The molecule has 2 aromatic heterocycles. The molecule has 0 fully saturated rings. The van der Waals surface area contributed by atoms with E-state index in [0.717, 1.165) is 42.7 Å². The van der Waals surface area contributed by atoms with Crippen LogP contribution in [0.25, 0.3) is 0 Å². The van der Waals surface area contributed by atoms with Crippen molar-refractivity contribution in [2.45, 2.75) is 33.4 Å². The fraction of sp³-hybridized carbons (Fsp3) is 0.417. The molecule has 0 unspecified atom stereocenters. The van der Waals surface area contributed by atoms with Gasteiger partial charge in [0.15, 0.2) is 6.29 Å². The highest BCUT2D eigenvalue weighted by Crippen LogP contribution is 2.13. The zero-order valence-corrected chi connectivity index (χ0v) is 10.1. The second kappa shape index (κ2) is 4.95. The molecule has 0 aliphatic heterocycles. The number of rotatable bonds is 5.